The summed E-state index contributed by atoms with van der Waals surface area (Å²) in [5, 5.41) is 11.6. The van der Waals surface area contributed by atoms with Crippen LogP contribution in [0, 0.1) is 0 Å². The highest BCUT2D eigenvalue weighted by molar-refractivity contribution is 5.74. The van der Waals surface area contributed by atoms with Gasteiger partial charge < -0.3 is 5.11 Å². The number of hydroxylamine groups is 2. The van der Waals surface area contributed by atoms with Crippen molar-refractivity contribution in [1.82, 2.24) is 9.96 Å². The molecule has 0 radical (unpaired) electrons. The van der Waals surface area contributed by atoms with Gasteiger partial charge in [0.25, 0.3) is 0 Å². The van der Waals surface area contributed by atoms with Gasteiger partial charge in [0.2, 0.25) is 5.91 Å². The molecule has 0 unspecified atom stereocenters. The molecule has 0 aromatic heterocycles. The summed E-state index contributed by atoms with van der Waals surface area (Å²) in [7, 11) is 3.03. The van der Waals surface area contributed by atoms with E-state index in [4.69, 9.17) is 4.84 Å². The molecule has 1 atom stereocenters. The number of rotatable bonds is 10. The van der Waals surface area contributed by atoms with Crippen LogP contribution in [0.25, 0.3) is 0 Å². The molecule has 1 N–H and O–H groups in total. The molecule has 5 heteroatoms. The van der Waals surface area contributed by atoms with Gasteiger partial charge in [-0.25, -0.2) is 5.06 Å². The first-order valence-corrected chi connectivity index (χ1v) is 8.87. The third-order valence-electron chi connectivity index (χ3n) is 4.28. The molecule has 2 aromatic carbocycles. The lowest BCUT2D eigenvalue weighted by atomic mass is 10.1. The molecule has 0 bridgehead atoms. The summed E-state index contributed by atoms with van der Waals surface area (Å²) in [5.74, 6) is -0.135. The first-order chi connectivity index (χ1) is 12.6. The van der Waals surface area contributed by atoms with E-state index in [-0.39, 0.29) is 12.3 Å². The quantitative estimate of drug-likeness (QED) is 0.665. The predicted octanol–water partition coefficient (Wildman–Crippen LogP) is 2.85. The Balaban J connectivity index is 1.95. The van der Waals surface area contributed by atoms with Crippen molar-refractivity contribution in [2.24, 2.45) is 0 Å². The van der Waals surface area contributed by atoms with E-state index < -0.39 is 6.10 Å². The van der Waals surface area contributed by atoms with Crippen LogP contribution < -0.4 is 0 Å². The van der Waals surface area contributed by atoms with Crippen molar-refractivity contribution < 1.29 is 14.7 Å². The highest BCUT2D eigenvalue weighted by atomic mass is 16.7. The Hall–Kier alpha value is -2.21. The summed E-state index contributed by atoms with van der Waals surface area (Å²) in [6, 6.07) is 20.4. The summed E-state index contributed by atoms with van der Waals surface area (Å²) >= 11 is 0. The third kappa shape index (κ3) is 6.96. The van der Waals surface area contributed by atoms with Gasteiger partial charge in [-0.3, -0.25) is 14.5 Å². The fourth-order valence-corrected chi connectivity index (χ4v) is 2.81. The van der Waals surface area contributed by atoms with Crippen molar-refractivity contribution in [3.8, 4) is 0 Å². The number of hydrogen-bond donors (Lipinski definition) is 1. The van der Waals surface area contributed by atoms with Crippen LogP contribution in [0.2, 0.25) is 0 Å². The van der Waals surface area contributed by atoms with Crippen LogP contribution in [0.5, 0.6) is 0 Å². The van der Waals surface area contributed by atoms with Crippen LogP contribution in [-0.4, -0.2) is 47.8 Å². The Kier molecular flexibility index (Phi) is 8.28. The Labute approximate surface area is 155 Å². The van der Waals surface area contributed by atoms with E-state index in [1.165, 1.54) is 23.3 Å². The lowest BCUT2D eigenvalue weighted by molar-refractivity contribution is -0.169. The van der Waals surface area contributed by atoms with E-state index in [2.05, 4.69) is 29.2 Å². The molecule has 0 saturated carbocycles. The molecule has 5 nitrogen and oxygen atoms in total. The van der Waals surface area contributed by atoms with E-state index in [9.17, 15) is 9.90 Å². The SMILES string of the molecule is CON(C)C(=O)CC[C@@H](O)CN(Cc1ccccc1)Cc1ccccc1. The normalized spacial score (nSPS) is 12.2. The van der Waals surface area contributed by atoms with Gasteiger partial charge in [0.15, 0.2) is 0 Å². The van der Waals surface area contributed by atoms with Crippen LogP contribution in [0.15, 0.2) is 60.7 Å². The van der Waals surface area contributed by atoms with E-state index >= 15 is 0 Å². The Bertz CT molecular complexity index is 607. The van der Waals surface area contributed by atoms with Gasteiger partial charge in [-0.05, 0) is 17.5 Å². The number of benzene rings is 2. The van der Waals surface area contributed by atoms with Gasteiger partial charge in [-0.1, -0.05) is 60.7 Å². The highest BCUT2D eigenvalue weighted by Gasteiger charge is 2.16. The second kappa shape index (κ2) is 10.7. The molecule has 140 valence electrons. The van der Waals surface area contributed by atoms with Crippen LogP contribution >= 0.6 is 0 Å². The van der Waals surface area contributed by atoms with Crippen LogP contribution in [-0.2, 0) is 22.7 Å². The van der Waals surface area contributed by atoms with Crippen molar-refractivity contribution in [3.63, 3.8) is 0 Å². The summed E-state index contributed by atoms with van der Waals surface area (Å²) in [6.07, 6.45) is 0.0967. The number of nitrogens with zero attached hydrogens (tertiary/aromatic N) is 2. The number of carbonyl (C=O) groups is 1. The smallest absolute Gasteiger partial charge is 0.245 e. The van der Waals surface area contributed by atoms with Gasteiger partial charge in [-0.2, -0.15) is 0 Å². The molecule has 0 saturated heterocycles. The minimum atomic E-state index is -0.573. The number of aliphatic hydroxyl groups is 1. The molecule has 0 fully saturated rings. The standard InChI is InChI=1S/C21H28N2O3/c1-22(26-2)21(25)14-13-20(24)17-23(15-18-9-5-3-6-10-18)16-19-11-7-4-8-12-19/h3-12,20,24H,13-17H2,1-2H3/t20-/m1/s1. The van der Waals surface area contributed by atoms with Gasteiger partial charge in [-0.15, -0.1) is 0 Å². The van der Waals surface area contributed by atoms with E-state index in [1.54, 1.807) is 7.05 Å². The molecule has 2 rings (SSSR count). The fourth-order valence-electron chi connectivity index (χ4n) is 2.81. The van der Waals surface area contributed by atoms with Crippen LogP contribution in [0.3, 0.4) is 0 Å². The second-order valence-corrected chi connectivity index (χ2v) is 6.41. The predicted molar refractivity (Wildman–Crippen MR) is 102 cm³/mol. The molecule has 0 aliphatic carbocycles. The topological polar surface area (TPSA) is 53.0 Å². The molecule has 0 heterocycles. The number of carbonyl (C=O) groups excluding carboxylic acids is 1. The zero-order valence-corrected chi connectivity index (χ0v) is 15.5. The molecule has 0 aliphatic heterocycles. The summed E-state index contributed by atoms with van der Waals surface area (Å²) < 4.78 is 0. The van der Waals surface area contributed by atoms with E-state index in [0.717, 1.165) is 13.1 Å². The van der Waals surface area contributed by atoms with E-state index in [0.29, 0.717) is 13.0 Å². The monoisotopic (exact) mass is 356 g/mol. The van der Waals surface area contributed by atoms with Crippen LogP contribution in [0.1, 0.15) is 24.0 Å². The largest absolute Gasteiger partial charge is 0.392 e. The summed E-state index contributed by atoms with van der Waals surface area (Å²) in [4.78, 5) is 18.9. The van der Waals surface area contributed by atoms with Gasteiger partial charge >= 0.3 is 0 Å². The van der Waals surface area contributed by atoms with Gasteiger partial charge in [0.1, 0.15) is 0 Å². The second-order valence-electron chi connectivity index (χ2n) is 6.41. The summed E-state index contributed by atoms with van der Waals surface area (Å²) in [6.45, 7) is 2.01. The molecular formula is C21H28N2O3. The number of hydrogen-bond acceptors (Lipinski definition) is 4. The Morgan fingerprint density at radius 1 is 1.00 bits per heavy atom. The number of aliphatic hydroxyl groups excluding tert-OH is 1. The fraction of sp³-hybridized carbons (Fsp3) is 0.381. The molecule has 1 amide bonds. The maximum atomic E-state index is 11.8. The van der Waals surface area contributed by atoms with E-state index in [1.807, 2.05) is 36.4 Å². The van der Waals surface area contributed by atoms with Gasteiger partial charge in [0, 0.05) is 33.1 Å². The first-order valence-electron chi connectivity index (χ1n) is 8.87. The summed E-state index contributed by atoms with van der Waals surface area (Å²) in [5.41, 5.74) is 2.40. The number of amides is 1. The lowest BCUT2D eigenvalue weighted by Gasteiger charge is -2.25. The minimum absolute atomic E-state index is 0.135. The molecule has 0 spiro atoms. The van der Waals surface area contributed by atoms with Crippen molar-refractivity contribution in [2.45, 2.75) is 32.0 Å². The Morgan fingerprint density at radius 3 is 1.96 bits per heavy atom. The average molecular weight is 356 g/mol. The minimum Gasteiger partial charge on any atom is -0.392 e. The third-order valence-corrected chi connectivity index (χ3v) is 4.28. The van der Waals surface area contributed by atoms with Crippen molar-refractivity contribution in [3.05, 3.63) is 71.8 Å². The highest BCUT2D eigenvalue weighted by Crippen LogP contribution is 2.12. The molecular weight excluding hydrogens is 328 g/mol. The zero-order chi connectivity index (χ0) is 18.8. The molecule has 26 heavy (non-hydrogen) atoms. The van der Waals surface area contributed by atoms with Crippen LogP contribution in [0.4, 0.5) is 0 Å². The lowest BCUT2D eigenvalue weighted by Crippen LogP contribution is -2.33. The molecule has 2 aromatic rings. The first kappa shape index (κ1) is 20.1. The Morgan fingerprint density at radius 2 is 1.50 bits per heavy atom. The maximum absolute atomic E-state index is 11.8. The molecule has 0 aliphatic rings. The maximum Gasteiger partial charge on any atom is 0.245 e. The van der Waals surface area contributed by atoms with Gasteiger partial charge in [0.05, 0.1) is 13.2 Å². The van der Waals surface area contributed by atoms with Crippen molar-refractivity contribution >= 4 is 5.91 Å². The average Bonchev–Trinajstić information content (AvgIpc) is 2.67. The van der Waals surface area contributed by atoms with Crippen molar-refractivity contribution in [2.75, 3.05) is 20.7 Å². The van der Waals surface area contributed by atoms with Crippen molar-refractivity contribution in [1.29, 1.82) is 0 Å². The zero-order valence-electron chi connectivity index (χ0n) is 15.5.